The Balaban J connectivity index is 3.51. The van der Waals surface area contributed by atoms with Crippen LogP contribution in [0.1, 0.15) is 38.8 Å². The van der Waals surface area contributed by atoms with Gasteiger partial charge in [-0.25, -0.2) is 4.21 Å². The highest BCUT2D eigenvalue weighted by Gasteiger charge is 2.20. The zero-order valence-corrected chi connectivity index (χ0v) is 14.1. The summed E-state index contributed by atoms with van der Waals surface area (Å²) in [7, 11) is 1.58. The Bertz CT molecular complexity index is 596. The molecule has 0 heterocycles. The largest absolute Gasteiger partial charge is 0.494 e. The summed E-state index contributed by atoms with van der Waals surface area (Å²) >= 11 is -1.92. The predicted octanol–water partition coefficient (Wildman–Crippen LogP) is 3.77. The summed E-state index contributed by atoms with van der Waals surface area (Å²) in [5.41, 5.74) is 6.35. The minimum absolute atomic E-state index is 0.0553. The number of hydrogen-bond donors (Lipinski definition) is 2. The summed E-state index contributed by atoms with van der Waals surface area (Å²) in [4.78, 5) is 0. The molecule has 5 heteroatoms. The Morgan fingerprint density at radius 1 is 1.48 bits per heavy atom. The standard InChI is InChI=1S/C16H23NO3S/c1-7-11(2)13-8-12(16(3,4)5)9-14(15(13)20-6)17-10-21(18)19/h8-9,17H,1,10H2,2-6H3,(H,18,19). The van der Waals surface area contributed by atoms with Gasteiger partial charge in [-0.3, -0.25) is 0 Å². The van der Waals surface area contributed by atoms with Gasteiger partial charge in [-0.2, -0.15) is 0 Å². The minimum atomic E-state index is -1.92. The van der Waals surface area contributed by atoms with Crippen LogP contribution in [0.15, 0.2) is 24.4 Å². The molecule has 1 unspecified atom stereocenters. The number of hydrogen-bond acceptors (Lipinski definition) is 3. The van der Waals surface area contributed by atoms with Crippen molar-refractivity contribution in [1.29, 1.82) is 0 Å². The molecule has 1 atom stereocenters. The molecule has 0 saturated carbocycles. The van der Waals surface area contributed by atoms with Crippen molar-refractivity contribution in [3.05, 3.63) is 35.6 Å². The zero-order valence-electron chi connectivity index (χ0n) is 13.2. The van der Waals surface area contributed by atoms with Gasteiger partial charge in [0.15, 0.2) is 11.1 Å². The number of ether oxygens (including phenoxy) is 1. The molecule has 1 rings (SSSR count). The first-order chi connectivity index (χ1) is 9.70. The minimum Gasteiger partial charge on any atom is -0.494 e. The summed E-state index contributed by atoms with van der Waals surface area (Å²) in [6.45, 7) is 11.9. The zero-order chi connectivity index (χ0) is 16.2. The Labute approximate surface area is 129 Å². The number of methoxy groups -OCH3 is 1. The van der Waals surface area contributed by atoms with Crippen molar-refractivity contribution in [3.63, 3.8) is 0 Å². The van der Waals surface area contributed by atoms with Crippen LogP contribution < -0.4 is 10.1 Å². The van der Waals surface area contributed by atoms with Gasteiger partial charge in [0.2, 0.25) is 0 Å². The topological polar surface area (TPSA) is 58.6 Å². The lowest BCUT2D eigenvalue weighted by Crippen LogP contribution is -2.14. The average Bonchev–Trinajstić information content (AvgIpc) is 2.41. The van der Waals surface area contributed by atoms with Crippen LogP contribution in [0.2, 0.25) is 0 Å². The summed E-state index contributed by atoms with van der Waals surface area (Å²) in [5.74, 6) is 0.572. The number of rotatable bonds is 5. The molecule has 2 N–H and O–H groups in total. The van der Waals surface area contributed by atoms with Crippen LogP contribution in [0.5, 0.6) is 5.75 Å². The van der Waals surface area contributed by atoms with Gasteiger partial charge in [-0.15, -0.1) is 5.73 Å². The summed E-state index contributed by atoms with van der Waals surface area (Å²) in [6.07, 6.45) is 0. The van der Waals surface area contributed by atoms with E-state index in [9.17, 15) is 4.21 Å². The molecule has 0 spiro atoms. The van der Waals surface area contributed by atoms with E-state index in [4.69, 9.17) is 9.29 Å². The van der Waals surface area contributed by atoms with Crippen LogP contribution in [0.4, 0.5) is 5.69 Å². The third-order valence-corrected chi connectivity index (χ3v) is 3.61. The Kier molecular flexibility index (Phi) is 5.78. The van der Waals surface area contributed by atoms with Crippen molar-refractivity contribution >= 4 is 22.3 Å². The molecule has 1 aromatic rings. The molecule has 0 saturated heterocycles. The molecule has 0 fully saturated rings. The third-order valence-electron chi connectivity index (χ3n) is 3.21. The first-order valence-electron chi connectivity index (χ1n) is 6.61. The van der Waals surface area contributed by atoms with E-state index in [1.165, 1.54) is 0 Å². The maximum atomic E-state index is 10.9. The molecule has 0 aliphatic rings. The second-order valence-electron chi connectivity index (χ2n) is 5.80. The Hall–Kier alpha value is -1.55. The second-order valence-corrected chi connectivity index (χ2v) is 6.73. The van der Waals surface area contributed by atoms with E-state index >= 15 is 0 Å². The number of allylic oxidation sites excluding steroid dienone is 1. The van der Waals surface area contributed by atoms with E-state index in [-0.39, 0.29) is 11.3 Å². The van der Waals surface area contributed by atoms with E-state index < -0.39 is 11.1 Å². The lowest BCUT2D eigenvalue weighted by Gasteiger charge is -2.23. The summed E-state index contributed by atoms with van der Waals surface area (Å²) in [5, 5.41) is 2.96. The smallest absolute Gasteiger partial charge is 0.172 e. The molecule has 21 heavy (non-hydrogen) atoms. The maximum Gasteiger partial charge on any atom is 0.172 e. The highest BCUT2D eigenvalue weighted by atomic mass is 32.2. The van der Waals surface area contributed by atoms with Crippen LogP contribution in [0, 0.1) is 0 Å². The average molecular weight is 309 g/mol. The van der Waals surface area contributed by atoms with E-state index in [0.717, 1.165) is 16.7 Å². The lowest BCUT2D eigenvalue weighted by molar-refractivity contribution is 0.414. The SMILES string of the molecule is C=C=C(C)c1cc(C(C)(C)C)cc(NCS(=O)O)c1OC. The van der Waals surface area contributed by atoms with Crippen LogP contribution in [0.25, 0.3) is 5.57 Å². The van der Waals surface area contributed by atoms with Crippen molar-refractivity contribution in [2.24, 2.45) is 0 Å². The fourth-order valence-corrected chi connectivity index (χ4v) is 2.21. The molecule has 0 aliphatic heterocycles. The monoisotopic (exact) mass is 309 g/mol. The Morgan fingerprint density at radius 2 is 2.10 bits per heavy atom. The van der Waals surface area contributed by atoms with Crippen LogP contribution >= 0.6 is 0 Å². The summed E-state index contributed by atoms with van der Waals surface area (Å²) < 4.78 is 25.3. The molecule has 0 aliphatic carbocycles. The highest BCUT2D eigenvalue weighted by Crippen LogP contribution is 2.38. The third kappa shape index (κ3) is 4.46. The van der Waals surface area contributed by atoms with Crippen molar-refractivity contribution in [3.8, 4) is 5.75 Å². The van der Waals surface area contributed by atoms with Crippen molar-refractivity contribution in [2.45, 2.75) is 33.1 Å². The van der Waals surface area contributed by atoms with Crippen LogP contribution in [-0.4, -0.2) is 21.7 Å². The molecular formula is C16H23NO3S. The molecule has 116 valence electrons. The van der Waals surface area contributed by atoms with E-state index in [2.05, 4.69) is 38.4 Å². The molecule has 0 amide bonds. The number of nitrogens with one attached hydrogen (secondary N) is 1. The molecule has 0 aromatic heterocycles. The van der Waals surface area contributed by atoms with Crippen LogP contribution in [-0.2, 0) is 16.5 Å². The van der Waals surface area contributed by atoms with Crippen molar-refractivity contribution < 1.29 is 13.5 Å². The predicted molar refractivity (Wildman–Crippen MR) is 89.2 cm³/mol. The Morgan fingerprint density at radius 3 is 2.52 bits per heavy atom. The van der Waals surface area contributed by atoms with Gasteiger partial charge in [-0.05, 0) is 30.0 Å². The van der Waals surface area contributed by atoms with Gasteiger partial charge in [0, 0.05) is 11.1 Å². The maximum absolute atomic E-state index is 10.9. The number of anilines is 1. The normalized spacial score (nSPS) is 12.5. The molecule has 4 nitrogen and oxygen atoms in total. The molecule has 0 bridgehead atoms. The molecular weight excluding hydrogens is 286 g/mol. The van der Waals surface area contributed by atoms with Gasteiger partial charge < -0.3 is 14.6 Å². The first kappa shape index (κ1) is 17.5. The van der Waals surface area contributed by atoms with Crippen molar-refractivity contribution in [1.82, 2.24) is 0 Å². The fourth-order valence-electron chi connectivity index (χ4n) is 1.93. The molecule has 0 radical (unpaired) electrons. The van der Waals surface area contributed by atoms with Gasteiger partial charge in [0.1, 0.15) is 11.6 Å². The molecule has 1 aromatic carbocycles. The van der Waals surface area contributed by atoms with Gasteiger partial charge in [0.25, 0.3) is 0 Å². The lowest BCUT2D eigenvalue weighted by atomic mass is 9.84. The fraction of sp³-hybridized carbons (Fsp3) is 0.438. The highest BCUT2D eigenvalue weighted by molar-refractivity contribution is 7.79. The number of benzene rings is 1. The quantitative estimate of drug-likeness (QED) is 0.642. The van der Waals surface area contributed by atoms with Gasteiger partial charge in [0.05, 0.1) is 12.8 Å². The van der Waals surface area contributed by atoms with E-state index in [1.54, 1.807) is 7.11 Å². The first-order valence-corrected chi connectivity index (χ1v) is 7.89. The van der Waals surface area contributed by atoms with Crippen LogP contribution in [0.3, 0.4) is 0 Å². The van der Waals surface area contributed by atoms with E-state index in [1.807, 2.05) is 19.1 Å². The summed E-state index contributed by atoms with van der Waals surface area (Å²) in [6, 6.07) is 4.00. The van der Waals surface area contributed by atoms with Crippen molar-refractivity contribution in [2.75, 3.05) is 18.3 Å². The van der Waals surface area contributed by atoms with E-state index in [0.29, 0.717) is 11.4 Å². The van der Waals surface area contributed by atoms with Gasteiger partial charge in [-0.1, -0.05) is 27.4 Å². The second kappa shape index (κ2) is 6.94. The van der Waals surface area contributed by atoms with Gasteiger partial charge >= 0.3 is 0 Å².